The van der Waals surface area contributed by atoms with E-state index in [9.17, 15) is 31.9 Å². The second kappa shape index (κ2) is 13.1. The van der Waals surface area contributed by atoms with Gasteiger partial charge in [-0.2, -0.15) is 13.2 Å². The minimum Gasteiger partial charge on any atom is -0.466 e. The summed E-state index contributed by atoms with van der Waals surface area (Å²) in [4.78, 5) is 38.2. The van der Waals surface area contributed by atoms with Crippen molar-refractivity contribution in [2.75, 3.05) is 18.5 Å². The Kier molecular flexibility index (Phi) is 10.2. The van der Waals surface area contributed by atoms with Crippen LogP contribution in [-0.4, -0.2) is 47.9 Å². The van der Waals surface area contributed by atoms with Gasteiger partial charge in [0.05, 0.1) is 18.1 Å². The van der Waals surface area contributed by atoms with E-state index in [0.717, 1.165) is 31.7 Å². The molecule has 1 aromatic rings. The van der Waals surface area contributed by atoms with Crippen LogP contribution in [0.1, 0.15) is 63.9 Å². The number of ether oxygens (including phenoxy) is 1. The minimum absolute atomic E-state index is 0.0320. The van der Waals surface area contributed by atoms with Gasteiger partial charge >= 0.3 is 12.1 Å². The molecule has 2 amide bonds. The number of halogens is 4. The molecule has 4 atom stereocenters. The Balaban J connectivity index is 1.57. The van der Waals surface area contributed by atoms with E-state index in [1.54, 1.807) is 6.92 Å². The van der Waals surface area contributed by atoms with Gasteiger partial charge in [-0.1, -0.05) is 25.0 Å². The Labute approximate surface area is 219 Å². The third kappa shape index (κ3) is 7.94. The number of alkyl halides is 3. The molecule has 2 aliphatic rings. The lowest BCUT2D eigenvalue weighted by Gasteiger charge is -2.28. The van der Waals surface area contributed by atoms with Gasteiger partial charge in [0.2, 0.25) is 11.8 Å². The maximum Gasteiger partial charge on any atom is 0.419 e. The first kappa shape index (κ1) is 29.4. The van der Waals surface area contributed by atoms with Crippen LogP contribution in [0, 0.1) is 17.7 Å². The molecule has 0 radical (unpaired) electrons. The van der Waals surface area contributed by atoms with Crippen LogP contribution in [0.25, 0.3) is 0 Å². The standard InChI is InChI=1S/C27H35F4N3O4/c1-2-38-26(37)19-15-17(19)9-6-4-3-5-7-10-22(25(36)34-14-8-11-23(34)24(32)35)33-18-12-13-21(28)20(16-18)27(29,30)31/h6,9,12-13,16-17,19,22-23,33H,2-5,7-8,10-11,14-15H2,1H3,(H2,32,35)/b9-6-/t17-,19+,22+,23+/m1/s1. The smallest absolute Gasteiger partial charge is 0.419 e. The fourth-order valence-electron chi connectivity index (χ4n) is 4.82. The number of nitrogens with one attached hydrogen (secondary N) is 1. The average Bonchev–Trinajstić information content (AvgIpc) is 3.46. The Hall–Kier alpha value is -3.11. The summed E-state index contributed by atoms with van der Waals surface area (Å²) in [6.45, 7) is 2.48. The molecule has 3 rings (SSSR count). The van der Waals surface area contributed by atoms with E-state index in [1.165, 1.54) is 4.90 Å². The van der Waals surface area contributed by atoms with E-state index < -0.39 is 41.5 Å². The molecule has 1 heterocycles. The summed E-state index contributed by atoms with van der Waals surface area (Å²) in [7, 11) is 0. The van der Waals surface area contributed by atoms with Gasteiger partial charge in [-0.15, -0.1) is 0 Å². The van der Waals surface area contributed by atoms with Crippen molar-refractivity contribution in [3.63, 3.8) is 0 Å². The summed E-state index contributed by atoms with van der Waals surface area (Å²) in [5.41, 5.74) is 3.99. The highest BCUT2D eigenvalue weighted by Crippen LogP contribution is 2.40. The number of unbranched alkanes of at least 4 members (excludes halogenated alkanes) is 3. The van der Waals surface area contributed by atoms with Crippen LogP contribution in [0.3, 0.4) is 0 Å². The first-order valence-electron chi connectivity index (χ1n) is 13.1. The fourth-order valence-corrected chi connectivity index (χ4v) is 4.82. The SMILES string of the molecule is CCOC(=O)[C@H]1C[C@H]1/C=C\CCCCC[C@H](Nc1ccc(F)c(C(F)(F)F)c1)C(=O)N1CCC[C@H]1C(N)=O. The lowest BCUT2D eigenvalue weighted by molar-refractivity contribution is -0.145. The molecular formula is C27H35F4N3O4. The van der Waals surface area contributed by atoms with Crippen LogP contribution in [0.4, 0.5) is 23.2 Å². The average molecular weight is 542 g/mol. The van der Waals surface area contributed by atoms with E-state index in [2.05, 4.69) is 5.32 Å². The van der Waals surface area contributed by atoms with Gasteiger partial charge in [-0.3, -0.25) is 14.4 Å². The first-order chi connectivity index (χ1) is 18.0. The van der Waals surface area contributed by atoms with Crippen molar-refractivity contribution < 1.29 is 36.7 Å². The van der Waals surface area contributed by atoms with Crippen molar-refractivity contribution in [1.82, 2.24) is 4.90 Å². The van der Waals surface area contributed by atoms with Gasteiger partial charge in [-0.25, -0.2) is 4.39 Å². The molecule has 1 aliphatic heterocycles. The van der Waals surface area contributed by atoms with Crippen molar-refractivity contribution in [3.05, 3.63) is 41.7 Å². The van der Waals surface area contributed by atoms with Crippen molar-refractivity contribution in [3.8, 4) is 0 Å². The highest BCUT2D eigenvalue weighted by atomic mass is 19.4. The van der Waals surface area contributed by atoms with E-state index in [0.29, 0.717) is 51.0 Å². The number of amides is 2. The zero-order valence-corrected chi connectivity index (χ0v) is 21.4. The lowest BCUT2D eigenvalue weighted by Crippen LogP contribution is -2.49. The molecule has 1 aromatic carbocycles. The highest BCUT2D eigenvalue weighted by Gasteiger charge is 2.42. The Morgan fingerprint density at radius 3 is 2.68 bits per heavy atom. The monoisotopic (exact) mass is 541 g/mol. The van der Waals surface area contributed by atoms with E-state index >= 15 is 0 Å². The van der Waals surface area contributed by atoms with Crippen LogP contribution in [0.15, 0.2) is 30.4 Å². The number of rotatable bonds is 13. The molecule has 0 unspecified atom stereocenters. The van der Waals surface area contributed by atoms with Gasteiger partial charge in [0, 0.05) is 12.2 Å². The van der Waals surface area contributed by atoms with Crippen molar-refractivity contribution in [2.45, 2.75) is 76.6 Å². The summed E-state index contributed by atoms with van der Waals surface area (Å²) in [5, 5.41) is 2.84. The normalized spacial score (nSPS) is 21.9. The predicted molar refractivity (Wildman–Crippen MR) is 133 cm³/mol. The molecule has 1 aliphatic carbocycles. The molecular weight excluding hydrogens is 506 g/mol. The minimum atomic E-state index is -4.88. The molecule has 1 saturated carbocycles. The summed E-state index contributed by atoms with van der Waals surface area (Å²) in [6, 6.07) is 0.878. The Bertz CT molecular complexity index is 1030. The number of likely N-dealkylation sites (tertiary alicyclic amines) is 1. The number of primary amides is 1. The molecule has 210 valence electrons. The number of carbonyl (C=O) groups excluding carboxylic acids is 3. The lowest BCUT2D eigenvalue weighted by atomic mass is 10.0. The molecule has 3 N–H and O–H groups in total. The van der Waals surface area contributed by atoms with Crippen LogP contribution < -0.4 is 11.1 Å². The van der Waals surface area contributed by atoms with Crippen molar-refractivity contribution in [2.24, 2.45) is 17.6 Å². The van der Waals surface area contributed by atoms with Crippen LogP contribution >= 0.6 is 0 Å². The molecule has 7 nitrogen and oxygen atoms in total. The second-order valence-corrected chi connectivity index (χ2v) is 9.81. The fraction of sp³-hybridized carbons (Fsp3) is 0.593. The third-order valence-corrected chi connectivity index (χ3v) is 6.95. The van der Waals surface area contributed by atoms with E-state index in [4.69, 9.17) is 10.5 Å². The number of anilines is 1. The van der Waals surface area contributed by atoms with Gasteiger partial charge in [0.1, 0.15) is 17.9 Å². The Morgan fingerprint density at radius 2 is 2.00 bits per heavy atom. The number of hydrogen-bond donors (Lipinski definition) is 2. The first-order valence-corrected chi connectivity index (χ1v) is 13.1. The van der Waals surface area contributed by atoms with Crippen LogP contribution in [-0.2, 0) is 25.3 Å². The maximum absolute atomic E-state index is 13.7. The molecule has 0 spiro atoms. The van der Waals surface area contributed by atoms with Crippen molar-refractivity contribution >= 4 is 23.5 Å². The number of benzene rings is 1. The van der Waals surface area contributed by atoms with Crippen molar-refractivity contribution in [1.29, 1.82) is 0 Å². The highest BCUT2D eigenvalue weighted by molar-refractivity contribution is 5.91. The summed E-state index contributed by atoms with van der Waals surface area (Å²) in [6.07, 6.45) is 4.33. The van der Waals surface area contributed by atoms with E-state index in [1.807, 2.05) is 12.2 Å². The zero-order chi connectivity index (χ0) is 27.9. The zero-order valence-electron chi connectivity index (χ0n) is 21.4. The molecule has 2 fully saturated rings. The summed E-state index contributed by atoms with van der Waals surface area (Å²) >= 11 is 0. The number of nitrogens with two attached hydrogens (primary N) is 1. The largest absolute Gasteiger partial charge is 0.466 e. The predicted octanol–water partition coefficient (Wildman–Crippen LogP) is 4.81. The number of carbonyl (C=O) groups is 3. The number of esters is 1. The number of nitrogens with zero attached hydrogens (tertiary/aromatic N) is 1. The van der Waals surface area contributed by atoms with Gasteiger partial charge in [0.15, 0.2) is 0 Å². The molecule has 11 heteroatoms. The molecule has 0 aromatic heterocycles. The van der Waals surface area contributed by atoms with Gasteiger partial charge in [0.25, 0.3) is 0 Å². The molecule has 1 saturated heterocycles. The summed E-state index contributed by atoms with van der Waals surface area (Å²) in [5.74, 6) is -2.43. The Morgan fingerprint density at radius 1 is 1.24 bits per heavy atom. The quantitative estimate of drug-likeness (QED) is 0.162. The van der Waals surface area contributed by atoms with Crippen LogP contribution in [0.2, 0.25) is 0 Å². The van der Waals surface area contributed by atoms with Crippen LogP contribution in [0.5, 0.6) is 0 Å². The number of hydrogen-bond acceptors (Lipinski definition) is 5. The topological polar surface area (TPSA) is 102 Å². The second-order valence-electron chi connectivity index (χ2n) is 9.81. The third-order valence-electron chi connectivity index (χ3n) is 6.95. The number of allylic oxidation sites excluding steroid dienone is 2. The maximum atomic E-state index is 13.7. The van der Waals surface area contributed by atoms with Gasteiger partial charge in [-0.05, 0) is 69.6 Å². The summed E-state index contributed by atoms with van der Waals surface area (Å²) < 4.78 is 58.3. The van der Waals surface area contributed by atoms with E-state index in [-0.39, 0.29) is 23.5 Å². The molecule has 0 bridgehead atoms. The molecule has 38 heavy (non-hydrogen) atoms. The van der Waals surface area contributed by atoms with Gasteiger partial charge < -0.3 is 20.7 Å².